The van der Waals surface area contributed by atoms with Crippen LogP contribution in [-0.4, -0.2) is 4.99 Å². The Morgan fingerprint density at radius 3 is 2.24 bits per heavy atom. The van der Waals surface area contributed by atoms with Gasteiger partial charge in [-0.05, 0) is 43.3 Å². The van der Waals surface area contributed by atoms with Gasteiger partial charge in [-0.15, -0.1) is 0 Å². The summed E-state index contributed by atoms with van der Waals surface area (Å²) in [5, 5.41) is 3.02. The summed E-state index contributed by atoms with van der Waals surface area (Å²) in [7, 11) is 0. The van der Waals surface area contributed by atoms with Crippen molar-refractivity contribution in [3.8, 4) is 0 Å². The second-order valence-electron chi connectivity index (χ2n) is 4.61. The summed E-state index contributed by atoms with van der Waals surface area (Å²) in [6.45, 7) is 1.91. The van der Waals surface area contributed by atoms with Crippen LogP contribution < -0.4 is 11.1 Å². The molecule has 2 aromatic rings. The molecule has 0 aliphatic rings. The zero-order valence-electron chi connectivity index (χ0n) is 11.2. The molecule has 0 spiro atoms. The summed E-state index contributed by atoms with van der Waals surface area (Å²) in [6.07, 6.45) is -4.34. The summed E-state index contributed by atoms with van der Waals surface area (Å²) < 4.78 is 37.5. The molecular formula is C15H13F3N2S. The van der Waals surface area contributed by atoms with E-state index in [-0.39, 0.29) is 4.99 Å². The van der Waals surface area contributed by atoms with Crippen molar-refractivity contribution in [2.24, 2.45) is 5.73 Å². The number of alkyl halides is 3. The largest absolute Gasteiger partial charge is 0.416 e. The van der Waals surface area contributed by atoms with Gasteiger partial charge in [0.15, 0.2) is 0 Å². The Morgan fingerprint density at radius 2 is 1.71 bits per heavy atom. The van der Waals surface area contributed by atoms with Crippen molar-refractivity contribution in [2.75, 3.05) is 5.32 Å². The van der Waals surface area contributed by atoms with Gasteiger partial charge in [-0.2, -0.15) is 13.2 Å². The number of benzene rings is 2. The fourth-order valence-corrected chi connectivity index (χ4v) is 2.04. The van der Waals surface area contributed by atoms with E-state index < -0.39 is 11.7 Å². The average molecular weight is 310 g/mol. The van der Waals surface area contributed by atoms with Crippen LogP contribution in [-0.2, 0) is 6.18 Å². The van der Waals surface area contributed by atoms with Crippen LogP contribution >= 0.6 is 12.2 Å². The molecule has 6 heteroatoms. The SMILES string of the molecule is Cc1ccc(Nc2ccc(C(F)(F)F)cc2)c(C(N)=S)c1. The standard InChI is InChI=1S/C15H13F3N2S/c1-9-2-7-13(12(8-9)14(19)21)20-11-5-3-10(4-6-11)15(16,17)18/h2-8,20H,1H3,(H2,19,21). The topological polar surface area (TPSA) is 38.0 Å². The van der Waals surface area contributed by atoms with E-state index in [1.807, 2.05) is 19.1 Å². The Labute approximate surface area is 125 Å². The number of aryl methyl sites for hydroxylation is 1. The smallest absolute Gasteiger partial charge is 0.389 e. The van der Waals surface area contributed by atoms with E-state index in [0.717, 1.165) is 17.7 Å². The average Bonchev–Trinajstić information content (AvgIpc) is 2.40. The van der Waals surface area contributed by atoms with Gasteiger partial charge < -0.3 is 11.1 Å². The summed E-state index contributed by atoms with van der Waals surface area (Å²) in [5.41, 5.74) is 7.82. The van der Waals surface area contributed by atoms with Crippen molar-refractivity contribution >= 4 is 28.6 Å². The van der Waals surface area contributed by atoms with Crippen molar-refractivity contribution in [1.82, 2.24) is 0 Å². The number of nitrogens with one attached hydrogen (secondary N) is 1. The highest BCUT2D eigenvalue weighted by molar-refractivity contribution is 7.80. The van der Waals surface area contributed by atoms with Gasteiger partial charge in [-0.1, -0.05) is 23.8 Å². The predicted molar refractivity (Wildman–Crippen MR) is 81.8 cm³/mol. The Hall–Kier alpha value is -2.08. The number of rotatable bonds is 3. The van der Waals surface area contributed by atoms with E-state index in [2.05, 4.69) is 5.32 Å². The number of hydrogen-bond donors (Lipinski definition) is 2. The summed E-state index contributed by atoms with van der Waals surface area (Å²) in [4.78, 5) is 0.230. The summed E-state index contributed by atoms with van der Waals surface area (Å²) in [5.74, 6) is 0. The first kappa shape index (κ1) is 15.3. The van der Waals surface area contributed by atoms with Crippen molar-refractivity contribution in [3.05, 3.63) is 59.2 Å². The second-order valence-corrected chi connectivity index (χ2v) is 5.05. The van der Waals surface area contributed by atoms with Crippen molar-refractivity contribution in [1.29, 1.82) is 0 Å². The van der Waals surface area contributed by atoms with Crippen LogP contribution in [0.4, 0.5) is 24.5 Å². The maximum Gasteiger partial charge on any atom is 0.416 e. The molecule has 0 saturated carbocycles. The molecule has 0 heterocycles. The molecule has 2 rings (SSSR count). The van der Waals surface area contributed by atoms with Crippen molar-refractivity contribution in [3.63, 3.8) is 0 Å². The first-order valence-corrected chi connectivity index (χ1v) is 6.53. The number of hydrogen-bond acceptors (Lipinski definition) is 2. The van der Waals surface area contributed by atoms with E-state index in [4.69, 9.17) is 18.0 Å². The highest BCUT2D eigenvalue weighted by atomic mass is 32.1. The zero-order valence-corrected chi connectivity index (χ0v) is 12.0. The zero-order chi connectivity index (χ0) is 15.6. The molecule has 2 aromatic carbocycles. The van der Waals surface area contributed by atoms with Gasteiger partial charge in [0, 0.05) is 16.9 Å². The van der Waals surface area contributed by atoms with Gasteiger partial charge in [0.2, 0.25) is 0 Å². The third kappa shape index (κ3) is 3.72. The Bertz CT molecular complexity index is 664. The lowest BCUT2D eigenvalue weighted by Gasteiger charge is -2.13. The molecule has 2 nitrogen and oxygen atoms in total. The van der Waals surface area contributed by atoms with Crippen LogP contribution in [0.15, 0.2) is 42.5 Å². The van der Waals surface area contributed by atoms with E-state index in [9.17, 15) is 13.2 Å². The first-order chi connectivity index (χ1) is 9.77. The minimum Gasteiger partial charge on any atom is -0.389 e. The maximum atomic E-state index is 12.5. The lowest BCUT2D eigenvalue weighted by atomic mass is 10.1. The third-order valence-electron chi connectivity index (χ3n) is 2.93. The highest BCUT2D eigenvalue weighted by Crippen LogP contribution is 2.30. The molecule has 21 heavy (non-hydrogen) atoms. The molecule has 3 N–H and O–H groups in total. The molecule has 0 atom stereocenters. The molecule has 0 aliphatic carbocycles. The quantitative estimate of drug-likeness (QED) is 0.826. The van der Waals surface area contributed by atoms with Crippen molar-refractivity contribution in [2.45, 2.75) is 13.1 Å². The lowest BCUT2D eigenvalue weighted by molar-refractivity contribution is -0.137. The fourth-order valence-electron chi connectivity index (χ4n) is 1.87. The molecule has 0 unspecified atom stereocenters. The van der Waals surface area contributed by atoms with Crippen LogP contribution in [0.3, 0.4) is 0 Å². The van der Waals surface area contributed by atoms with Gasteiger partial charge in [-0.25, -0.2) is 0 Å². The molecule has 0 radical (unpaired) electrons. The predicted octanol–water partition coefficient (Wildman–Crippen LogP) is 4.39. The van der Waals surface area contributed by atoms with Gasteiger partial charge in [0.25, 0.3) is 0 Å². The van der Waals surface area contributed by atoms with E-state index in [1.165, 1.54) is 12.1 Å². The highest BCUT2D eigenvalue weighted by Gasteiger charge is 2.29. The van der Waals surface area contributed by atoms with Crippen LogP contribution in [0.25, 0.3) is 0 Å². The van der Waals surface area contributed by atoms with Crippen LogP contribution in [0.5, 0.6) is 0 Å². The monoisotopic (exact) mass is 310 g/mol. The second kappa shape index (κ2) is 5.73. The summed E-state index contributed by atoms with van der Waals surface area (Å²) >= 11 is 4.98. The minimum atomic E-state index is -4.34. The Balaban J connectivity index is 2.28. The fraction of sp³-hybridized carbons (Fsp3) is 0.133. The van der Waals surface area contributed by atoms with Gasteiger partial charge in [0.1, 0.15) is 4.99 Å². The van der Waals surface area contributed by atoms with E-state index >= 15 is 0 Å². The third-order valence-corrected chi connectivity index (χ3v) is 3.15. The van der Waals surface area contributed by atoms with Gasteiger partial charge in [-0.3, -0.25) is 0 Å². The molecule has 0 bridgehead atoms. The maximum absolute atomic E-state index is 12.5. The molecule has 0 fully saturated rings. The van der Waals surface area contributed by atoms with Gasteiger partial charge in [0.05, 0.1) is 5.56 Å². The molecular weight excluding hydrogens is 297 g/mol. The lowest BCUT2D eigenvalue weighted by Crippen LogP contribution is -2.12. The molecule has 0 aromatic heterocycles. The van der Waals surface area contributed by atoms with E-state index in [1.54, 1.807) is 6.07 Å². The minimum absolute atomic E-state index is 0.230. The Morgan fingerprint density at radius 1 is 1.10 bits per heavy atom. The normalized spacial score (nSPS) is 11.2. The van der Waals surface area contributed by atoms with Gasteiger partial charge >= 0.3 is 6.18 Å². The first-order valence-electron chi connectivity index (χ1n) is 6.12. The summed E-state index contributed by atoms with van der Waals surface area (Å²) in [6, 6.07) is 10.3. The Kier molecular flexibility index (Phi) is 4.18. The molecule has 110 valence electrons. The number of anilines is 2. The molecule has 0 amide bonds. The van der Waals surface area contributed by atoms with E-state index in [0.29, 0.717) is 16.9 Å². The number of halogens is 3. The molecule has 0 aliphatic heterocycles. The van der Waals surface area contributed by atoms with Crippen molar-refractivity contribution < 1.29 is 13.2 Å². The number of thiocarbonyl (C=S) groups is 1. The molecule has 0 saturated heterocycles. The van der Waals surface area contributed by atoms with Crippen LogP contribution in [0, 0.1) is 6.92 Å². The van der Waals surface area contributed by atoms with Crippen LogP contribution in [0.2, 0.25) is 0 Å². The number of nitrogens with two attached hydrogens (primary N) is 1. The van der Waals surface area contributed by atoms with Crippen LogP contribution in [0.1, 0.15) is 16.7 Å².